The Labute approximate surface area is 158 Å². The predicted octanol–water partition coefficient (Wildman–Crippen LogP) is 3.31. The summed E-state index contributed by atoms with van der Waals surface area (Å²) in [6.07, 6.45) is 5.53. The van der Waals surface area contributed by atoms with Gasteiger partial charge in [-0.15, -0.1) is 0 Å². The van der Waals surface area contributed by atoms with Gasteiger partial charge in [-0.1, -0.05) is 24.3 Å². The van der Waals surface area contributed by atoms with E-state index in [1.807, 2.05) is 35.4 Å². The average molecular weight is 359 g/mol. The predicted molar refractivity (Wildman–Crippen MR) is 108 cm³/mol. The van der Waals surface area contributed by atoms with E-state index in [4.69, 9.17) is 4.74 Å². The molecular formula is C22H21N3O2. The van der Waals surface area contributed by atoms with E-state index >= 15 is 0 Å². The molecule has 27 heavy (non-hydrogen) atoms. The summed E-state index contributed by atoms with van der Waals surface area (Å²) in [5.41, 5.74) is 4.88. The maximum Gasteiger partial charge on any atom is 0.253 e. The number of methoxy groups -OCH3 is 1. The molecule has 1 amide bonds. The lowest BCUT2D eigenvalue weighted by molar-refractivity contribution is -0.120. The number of hydrogen-bond acceptors (Lipinski definition) is 4. The van der Waals surface area contributed by atoms with E-state index < -0.39 is 5.54 Å². The number of carbonyl (C=O) groups excluding carboxylic acids is 1. The Morgan fingerprint density at radius 3 is 2.78 bits per heavy atom. The molecule has 1 unspecified atom stereocenters. The summed E-state index contributed by atoms with van der Waals surface area (Å²) < 4.78 is 5.31. The van der Waals surface area contributed by atoms with Gasteiger partial charge >= 0.3 is 0 Å². The number of nitrogens with one attached hydrogen (secondary N) is 1. The van der Waals surface area contributed by atoms with Crippen molar-refractivity contribution in [2.75, 3.05) is 30.4 Å². The first kappa shape index (κ1) is 16.1. The van der Waals surface area contributed by atoms with Gasteiger partial charge < -0.3 is 15.0 Å². The van der Waals surface area contributed by atoms with Gasteiger partial charge in [-0.25, -0.2) is 0 Å². The average Bonchev–Trinajstić information content (AvgIpc) is 3.42. The summed E-state index contributed by atoms with van der Waals surface area (Å²) in [5.74, 6) is 0.952. The van der Waals surface area contributed by atoms with E-state index in [0.29, 0.717) is 0 Å². The molecule has 3 aliphatic rings. The molecule has 1 atom stereocenters. The van der Waals surface area contributed by atoms with Gasteiger partial charge in [0.25, 0.3) is 5.91 Å². The van der Waals surface area contributed by atoms with Crippen LogP contribution in [0.1, 0.15) is 17.5 Å². The standard InChI is InChI=1S/C22H21N3O2/c1-27-19-7-4-16-13-22(24-20(16)12-19)9-11-25(21(22)26)18-5-2-15(3-6-18)17-8-10-23-14-17/h2-8,12,14,24H,9-11,13H2,1H3. The highest BCUT2D eigenvalue weighted by Gasteiger charge is 2.50. The van der Waals surface area contributed by atoms with Crippen LogP contribution in [0.3, 0.4) is 0 Å². The number of amides is 1. The molecule has 136 valence electrons. The molecular weight excluding hydrogens is 338 g/mol. The lowest BCUT2D eigenvalue weighted by Crippen LogP contribution is -2.45. The minimum absolute atomic E-state index is 0.145. The van der Waals surface area contributed by atoms with Gasteiger partial charge in [0, 0.05) is 36.6 Å². The number of allylic oxidation sites excluding steroid dienone is 1. The number of benzene rings is 2. The van der Waals surface area contributed by atoms with Crippen LogP contribution in [0, 0.1) is 0 Å². The fraction of sp³-hybridized carbons (Fsp3) is 0.273. The van der Waals surface area contributed by atoms with Crippen molar-refractivity contribution >= 4 is 29.1 Å². The molecule has 3 aliphatic heterocycles. The molecule has 1 fully saturated rings. The van der Waals surface area contributed by atoms with Crippen molar-refractivity contribution in [2.24, 2.45) is 4.99 Å². The molecule has 5 nitrogen and oxygen atoms in total. The number of rotatable bonds is 3. The van der Waals surface area contributed by atoms with Gasteiger partial charge in [-0.05, 0) is 41.3 Å². The highest BCUT2D eigenvalue weighted by molar-refractivity contribution is 6.11. The molecule has 1 N–H and O–H groups in total. The second-order valence-corrected chi connectivity index (χ2v) is 7.31. The second-order valence-electron chi connectivity index (χ2n) is 7.31. The molecule has 0 saturated carbocycles. The fourth-order valence-corrected chi connectivity index (χ4v) is 4.26. The molecule has 5 rings (SSSR count). The quantitative estimate of drug-likeness (QED) is 0.915. The van der Waals surface area contributed by atoms with Crippen LogP contribution < -0.4 is 15.0 Å². The van der Waals surface area contributed by atoms with E-state index in [9.17, 15) is 4.79 Å². The summed E-state index contributed by atoms with van der Waals surface area (Å²) in [4.78, 5) is 19.4. The number of ether oxygens (including phenoxy) is 1. The van der Waals surface area contributed by atoms with E-state index in [-0.39, 0.29) is 5.91 Å². The number of nitrogens with zero attached hydrogens (tertiary/aromatic N) is 2. The zero-order chi connectivity index (χ0) is 18.4. The van der Waals surface area contributed by atoms with Crippen molar-refractivity contribution in [3.63, 3.8) is 0 Å². The van der Waals surface area contributed by atoms with Crippen LogP contribution in [-0.4, -0.2) is 37.9 Å². The van der Waals surface area contributed by atoms with Crippen LogP contribution in [0.4, 0.5) is 11.4 Å². The number of fused-ring (bicyclic) bond motifs is 1. The van der Waals surface area contributed by atoms with Crippen LogP contribution in [0.25, 0.3) is 5.57 Å². The van der Waals surface area contributed by atoms with E-state index in [0.717, 1.165) is 54.2 Å². The Morgan fingerprint density at radius 1 is 1.19 bits per heavy atom. The lowest BCUT2D eigenvalue weighted by atomic mass is 9.93. The number of hydrogen-bond donors (Lipinski definition) is 1. The number of carbonyl (C=O) groups is 1. The van der Waals surface area contributed by atoms with E-state index in [1.54, 1.807) is 7.11 Å². The Bertz CT molecular complexity index is 978. The third kappa shape index (κ3) is 2.53. The van der Waals surface area contributed by atoms with E-state index in [2.05, 4.69) is 34.6 Å². The Balaban J connectivity index is 1.38. The van der Waals surface area contributed by atoms with Crippen LogP contribution in [-0.2, 0) is 11.2 Å². The van der Waals surface area contributed by atoms with E-state index in [1.165, 1.54) is 5.56 Å². The molecule has 1 spiro atoms. The highest BCUT2D eigenvalue weighted by Crippen LogP contribution is 2.41. The molecule has 0 aromatic heterocycles. The maximum absolute atomic E-state index is 13.3. The fourth-order valence-electron chi connectivity index (χ4n) is 4.26. The minimum Gasteiger partial charge on any atom is -0.497 e. The zero-order valence-corrected chi connectivity index (χ0v) is 15.2. The van der Waals surface area contributed by atoms with Crippen molar-refractivity contribution in [2.45, 2.75) is 18.4 Å². The van der Waals surface area contributed by atoms with Crippen LogP contribution in [0.2, 0.25) is 0 Å². The van der Waals surface area contributed by atoms with Gasteiger partial charge in [-0.2, -0.15) is 0 Å². The first-order valence-electron chi connectivity index (χ1n) is 9.26. The Morgan fingerprint density at radius 2 is 2.04 bits per heavy atom. The second kappa shape index (κ2) is 5.98. The summed E-state index contributed by atoms with van der Waals surface area (Å²) in [6, 6.07) is 14.2. The summed E-state index contributed by atoms with van der Waals surface area (Å²) in [6.45, 7) is 1.47. The van der Waals surface area contributed by atoms with Gasteiger partial charge in [0.15, 0.2) is 0 Å². The smallest absolute Gasteiger partial charge is 0.253 e. The zero-order valence-electron chi connectivity index (χ0n) is 15.2. The highest BCUT2D eigenvalue weighted by atomic mass is 16.5. The maximum atomic E-state index is 13.3. The molecule has 2 aromatic rings. The first-order chi connectivity index (χ1) is 13.2. The molecule has 5 heteroatoms. The van der Waals surface area contributed by atoms with Crippen molar-refractivity contribution < 1.29 is 9.53 Å². The van der Waals surface area contributed by atoms with Crippen molar-refractivity contribution in [3.8, 4) is 5.75 Å². The number of anilines is 2. The molecule has 0 bridgehead atoms. The van der Waals surface area contributed by atoms with Crippen molar-refractivity contribution in [1.29, 1.82) is 0 Å². The SMILES string of the molecule is COc1ccc2c(c1)NC1(CCN(c3ccc(C4=CCN=C4)cc3)C1=O)C2. The van der Waals surface area contributed by atoms with Crippen LogP contribution >= 0.6 is 0 Å². The summed E-state index contributed by atoms with van der Waals surface area (Å²) in [5, 5.41) is 3.49. The molecule has 3 heterocycles. The third-order valence-electron chi connectivity index (χ3n) is 5.76. The van der Waals surface area contributed by atoms with Crippen LogP contribution in [0.15, 0.2) is 53.5 Å². The van der Waals surface area contributed by atoms with Crippen molar-refractivity contribution in [1.82, 2.24) is 0 Å². The van der Waals surface area contributed by atoms with Gasteiger partial charge in [0.2, 0.25) is 0 Å². The number of aliphatic imine (C=N–C) groups is 1. The molecule has 2 aromatic carbocycles. The van der Waals surface area contributed by atoms with Crippen LogP contribution in [0.5, 0.6) is 5.75 Å². The topological polar surface area (TPSA) is 53.9 Å². The lowest BCUT2D eigenvalue weighted by Gasteiger charge is -2.24. The molecule has 0 radical (unpaired) electrons. The Hall–Kier alpha value is -3.08. The van der Waals surface area contributed by atoms with Gasteiger partial charge in [-0.3, -0.25) is 9.79 Å². The van der Waals surface area contributed by atoms with Gasteiger partial charge in [0.1, 0.15) is 11.3 Å². The van der Waals surface area contributed by atoms with Crippen molar-refractivity contribution in [3.05, 3.63) is 59.7 Å². The largest absolute Gasteiger partial charge is 0.497 e. The minimum atomic E-state index is -0.534. The third-order valence-corrected chi connectivity index (χ3v) is 5.76. The first-order valence-corrected chi connectivity index (χ1v) is 9.26. The van der Waals surface area contributed by atoms with Gasteiger partial charge in [0.05, 0.1) is 13.7 Å². The summed E-state index contributed by atoms with van der Waals surface area (Å²) in [7, 11) is 1.66. The monoisotopic (exact) mass is 359 g/mol. The molecule has 0 aliphatic carbocycles. The summed E-state index contributed by atoms with van der Waals surface area (Å²) >= 11 is 0. The molecule has 1 saturated heterocycles. The Kier molecular flexibility index (Phi) is 3.57. The normalized spacial score (nSPS) is 22.9.